The molecule has 2 nitrogen and oxygen atoms in total. The van der Waals surface area contributed by atoms with Crippen molar-refractivity contribution in [1.29, 1.82) is 0 Å². The predicted molar refractivity (Wildman–Crippen MR) is 69.1 cm³/mol. The average molecular weight is 234 g/mol. The van der Waals surface area contributed by atoms with E-state index in [-0.39, 0.29) is 6.10 Å². The Morgan fingerprint density at radius 1 is 1.35 bits per heavy atom. The first kappa shape index (κ1) is 12.6. The third-order valence-corrected chi connectivity index (χ3v) is 3.64. The highest BCUT2D eigenvalue weighted by Crippen LogP contribution is 2.39. The zero-order valence-electron chi connectivity index (χ0n) is 10.6. The molecule has 2 rings (SSSR count). The summed E-state index contributed by atoms with van der Waals surface area (Å²) in [6, 6.07) is 8.32. The van der Waals surface area contributed by atoms with Gasteiger partial charge in [-0.1, -0.05) is 30.7 Å². The molecule has 0 aliphatic heterocycles. The molecule has 1 fully saturated rings. The molecule has 0 saturated heterocycles. The van der Waals surface area contributed by atoms with Gasteiger partial charge in [-0.2, -0.15) is 0 Å². The molecule has 1 aromatic carbocycles. The second-order valence-corrected chi connectivity index (χ2v) is 4.76. The Kier molecular flexibility index (Phi) is 4.57. The van der Waals surface area contributed by atoms with E-state index in [0.717, 1.165) is 12.2 Å². The Balaban J connectivity index is 2.02. The van der Waals surface area contributed by atoms with Crippen LogP contribution in [0.4, 0.5) is 0 Å². The number of rotatable bonds is 6. The Bertz CT molecular complexity index is 345. The van der Waals surface area contributed by atoms with Gasteiger partial charge in [0, 0.05) is 19.6 Å². The fourth-order valence-electron chi connectivity index (χ4n) is 2.40. The summed E-state index contributed by atoms with van der Waals surface area (Å²) in [5, 5.41) is 10.2. The number of aliphatic hydroxyl groups excluding tert-OH is 1. The highest BCUT2D eigenvalue weighted by Gasteiger charge is 2.23. The van der Waals surface area contributed by atoms with E-state index >= 15 is 0 Å². The average Bonchev–Trinajstić information content (AvgIpc) is 2.28. The van der Waals surface area contributed by atoms with Gasteiger partial charge < -0.3 is 9.84 Å². The van der Waals surface area contributed by atoms with E-state index in [9.17, 15) is 5.11 Å². The molecule has 1 unspecified atom stereocenters. The molecule has 1 atom stereocenters. The first-order chi connectivity index (χ1) is 8.33. The van der Waals surface area contributed by atoms with Crippen molar-refractivity contribution in [3.05, 3.63) is 35.4 Å². The van der Waals surface area contributed by atoms with Crippen LogP contribution in [0.1, 0.15) is 55.8 Å². The van der Waals surface area contributed by atoms with Crippen LogP contribution in [0.25, 0.3) is 0 Å². The summed E-state index contributed by atoms with van der Waals surface area (Å²) in [6.07, 6.45) is 4.19. The molecule has 0 bridgehead atoms. The van der Waals surface area contributed by atoms with Crippen LogP contribution < -0.4 is 0 Å². The van der Waals surface area contributed by atoms with Gasteiger partial charge in [-0.05, 0) is 36.8 Å². The molecular formula is C15H22O2. The van der Waals surface area contributed by atoms with Crippen molar-refractivity contribution in [2.24, 2.45) is 0 Å². The van der Waals surface area contributed by atoms with Crippen molar-refractivity contribution in [3.63, 3.8) is 0 Å². The third-order valence-electron chi connectivity index (χ3n) is 3.64. The SMILES string of the molecule is CCOCCC(O)c1ccccc1C1CCC1. The van der Waals surface area contributed by atoms with Gasteiger partial charge >= 0.3 is 0 Å². The van der Waals surface area contributed by atoms with Crippen molar-refractivity contribution >= 4 is 0 Å². The molecule has 0 heterocycles. The lowest BCUT2D eigenvalue weighted by Crippen LogP contribution is -2.14. The minimum atomic E-state index is -0.377. The normalized spacial score (nSPS) is 17.8. The molecule has 0 spiro atoms. The van der Waals surface area contributed by atoms with Crippen LogP contribution in [-0.2, 0) is 4.74 Å². The van der Waals surface area contributed by atoms with Gasteiger partial charge in [-0.25, -0.2) is 0 Å². The molecule has 1 aliphatic carbocycles. The monoisotopic (exact) mass is 234 g/mol. The Morgan fingerprint density at radius 2 is 2.12 bits per heavy atom. The van der Waals surface area contributed by atoms with Crippen LogP contribution in [0.15, 0.2) is 24.3 Å². The molecule has 94 valence electrons. The summed E-state index contributed by atoms with van der Waals surface area (Å²) in [5.74, 6) is 0.674. The molecule has 1 N–H and O–H groups in total. The molecule has 17 heavy (non-hydrogen) atoms. The number of ether oxygens (including phenoxy) is 1. The van der Waals surface area contributed by atoms with Gasteiger partial charge in [0.15, 0.2) is 0 Å². The van der Waals surface area contributed by atoms with Crippen molar-refractivity contribution in [2.75, 3.05) is 13.2 Å². The first-order valence-electron chi connectivity index (χ1n) is 6.67. The smallest absolute Gasteiger partial charge is 0.0814 e. The van der Waals surface area contributed by atoms with Crippen LogP contribution in [0, 0.1) is 0 Å². The molecule has 0 aromatic heterocycles. The summed E-state index contributed by atoms with van der Waals surface area (Å²) >= 11 is 0. The fraction of sp³-hybridized carbons (Fsp3) is 0.600. The van der Waals surface area contributed by atoms with E-state index in [1.165, 1.54) is 24.8 Å². The Hall–Kier alpha value is -0.860. The maximum Gasteiger partial charge on any atom is 0.0814 e. The standard InChI is InChI=1S/C15H22O2/c1-2-17-11-10-15(16)14-9-4-3-8-13(14)12-6-5-7-12/h3-4,8-9,12,15-16H,2,5-7,10-11H2,1H3. The maximum atomic E-state index is 10.2. The minimum Gasteiger partial charge on any atom is -0.388 e. The van der Waals surface area contributed by atoms with Crippen molar-refractivity contribution < 1.29 is 9.84 Å². The number of aliphatic hydroxyl groups is 1. The lowest BCUT2D eigenvalue weighted by Gasteiger charge is -2.29. The first-order valence-corrected chi connectivity index (χ1v) is 6.67. The maximum absolute atomic E-state index is 10.2. The van der Waals surface area contributed by atoms with Gasteiger partial charge in [0.1, 0.15) is 0 Å². The molecule has 1 saturated carbocycles. The van der Waals surface area contributed by atoms with E-state index in [0.29, 0.717) is 18.9 Å². The van der Waals surface area contributed by atoms with Crippen LogP contribution in [0.3, 0.4) is 0 Å². The number of hydrogen-bond acceptors (Lipinski definition) is 2. The number of hydrogen-bond donors (Lipinski definition) is 1. The Labute approximate surface area is 104 Å². The lowest BCUT2D eigenvalue weighted by molar-refractivity contribution is 0.0877. The van der Waals surface area contributed by atoms with Gasteiger partial charge in [0.05, 0.1) is 6.10 Å². The zero-order valence-corrected chi connectivity index (χ0v) is 10.6. The molecule has 2 heteroatoms. The number of benzene rings is 1. The molecule has 1 aromatic rings. The van der Waals surface area contributed by atoms with Crippen molar-refractivity contribution in [2.45, 2.75) is 44.6 Å². The summed E-state index contributed by atoms with van der Waals surface area (Å²) in [6.45, 7) is 3.34. The molecular weight excluding hydrogens is 212 g/mol. The summed E-state index contributed by atoms with van der Waals surface area (Å²) < 4.78 is 5.31. The van der Waals surface area contributed by atoms with Gasteiger partial charge in [0.2, 0.25) is 0 Å². The summed E-state index contributed by atoms with van der Waals surface area (Å²) in [4.78, 5) is 0. The quantitative estimate of drug-likeness (QED) is 0.764. The topological polar surface area (TPSA) is 29.5 Å². The van der Waals surface area contributed by atoms with E-state index in [1.54, 1.807) is 0 Å². The van der Waals surface area contributed by atoms with E-state index in [1.807, 2.05) is 13.0 Å². The van der Waals surface area contributed by atoms with Crippen molar-refractivity contribution in [3.8, 4) is 0 Å². The Morgan fingerprint density at radius 3 is 2.76 bits per heavy atom. The third kappa shape index (κ3) is 3.08. The van der Waals surface area contributed by atoms with E-state index in [4.69, 9.17) is 4.74 Å². The van der Waals surface area contributed by atoms with Crippen LogP contribution in [-0.4, -0.2) is 18.3 Å². The second-order valence-electron chi connectivity index (χ2n) is 4.76. The summed E-state index contributed by atoms with van der Waals surface area (Å²) in [7, 11) is 0. The van der Waals surface area contributed by atoms with Crippen LogP contribution >= 0.6 is 0 Å². The largest absolute Gasteiger partial charge is 0.388 e. The molecule has 0 radical (unpaired) electrons. The van der Waals surface area contributed by atoms with Crippen molar-refractivity contribution in [1.82, 2.24) is 0 Å². The molecule has 1 aliphatic rings. The zero-order chi connectivity index (χ0) is 12.1. The van der Waals surface area contributed by atoms with Gasteiger partial charge in [0.25, 0.3) is 0 Å². The van der Waals surface area contributed by atoms with E-state index < -0.39 is 0 Å². The van der Waals surface area contributed by atoms with Crippen LogP contribution in [0.2, 0.25) is 0 Å². The lowest BCUT2D eigenvalue weighted by atomic mass is 9.77. The fourth-order valence-corrected chi connectivity index (χ4v) is 2.40. The van der Waals surface area contributed by atoms with Gasteiger partial charge in [-0.3, -0.25) is 0 Å². The highest BCUT2D eigenvalue weighted by atomic mass is 16.5. The highest BCUT2D eigenvalue weighted by molar-refractivity contribution is 5.33. The predicted octanol–water partition coefficient (Wildman–Crippen LogP) is 3.41. The minimum absolute atomic E-state index is 0.377. The second kappa shape index (κ2) is 6.18. The summed E-state index contributed by atoms with van der Waals surface area (Å²) in [5.41, 5.74) is 2.46. The van der Waals surface area contributed by atoms with E-state index in [2.05, 4.69) is 18.2 Å². The molecule has 0 amide bonds. The van der Waals surface area contributed by atoms with Gasteiger partial charge in [-0.15, -0.1) is 0 Å². The van der Waals surface area contributed by atoms with Crippen LogP contribution in [0.5, 0.6) is 0 Å².